The smallest absolute Gasteiger partial charge is 0.256 e. The van der Waals surface area contributed by atoms with Crippen molar-refractivity contribution in [3.8, 4) is 11.5 Å². The number of fused-ring (bicyclic) bond motifs is 1. The predicted molar refractivity (Wildman–Crippen MR) is 133 cm³/mol. The minimum atomic E-state index is -0.766. The summed E-state index contributed by atoms with van der Waals surface area (Å²) in [6, 6.07) is 20.8. The number of carbonyl (C=O) groups is 2. The largest absolute Gasteiger partial charge is 0.454 e. The number of ether oxygens (including phenoxy) is 2. The normalized spacial score (nSPS) is 16.8. The fourth-order valence-electron chi connectivity index (χ4n) is 3.99. The summed E-state index contributed by atoms with van der Waals surface area (Å²) in [6.45, 7) is 0.501. The number of hydrogen-bond acceptors (Lipinski definition) is 5. The molecule has 0 radical (unpaired) electrons. The summed E-state index contributed by atoms with van der Waals surface area (Å²) in [6.07, 6.45) is -0.0531. The van der Waals surface area contributed by atoms with Gasteiger partial charge < -0.3 is 19.7 Å². The number of thiocarbonyl (C=S) groups is 1. The highest BCUT2D eigenvalue weighted by molar-refractivity contribution is 7.80. The minimum absolute atomic E-state index is 0.0531. The third-order valence-electron chi connectivity index (χ3n) is 5.63. The van der Waals surface area contributed by atoms with Crippen LogP contribution in [0.1, 0.15) is 12.0 Å². The lowest BCUT2D eigenvalue weighted by molar-refractivity contribution is -0.124. The molecule has 1 saturated heterocycles. The molecule has 0 aliphatic carbocycles. The average Bonchev–Trinajstić information content (AvgIpc) is 3.39. The molecule has 3 aromatic carbocycles. The quantitative estimate of drug-likeness (QED) is 0.506. The van der Waals surface area contributed by atoms with Gasteiger partial charge in [-0.2, -0.15) is 0 Å². The Morgan fingerprint density at radius 1 is 1.03 bits per heavy atom. The SMILES string of the molecule is O=C(CC1C(=O)N(c2ccc(Cl)cc2)C(=S)N1Cc1ccc2c(c1)OCO2)Nc1ccccc1. The molecule has 3 aromatic rings. The number of nitrogens with zero attached hydrogens (tertiary/aromatic N) is 2. The first kappa shape index (κ1) is 22.2. The molecule has 34 heavy (non-hydrogen) atoms. The molecular weight excluding hydrogens is 474 g/mol. The maximum Gasteiger partial charge on any atom is 0.256 e. The van der Waals surface area contributed by atoms with Crippen molar-refractivity contribution < 1.29 is 19.1 Å². The molecule has 2 aliphatic rings. The molecule has 2 amide bonds. The molecule has 2 heterocycles. The highest BCUT2D eigenvalue weighted by Crippen LogP contribution is 2.35. The van der Waals surface area contributed by atoms with Crippen molar-refractivity contribution in [2.24, 2.45) is 0 Å². The molecule has 2 aliphatic heterocycles. The molecule has 0 spiro atoms. The van der Waals surface area contributed by atoms with E-state index in [1.807, 2.05) is 36.4 Å². The Balaban J connectivity index is 1.42. The molecule has 0 saturated carbocycles. The predicted octanol–water partition coefficient (Wildman–Crippen LogP) is 4.60. The standard InChI is InChI=1S/C25H20ClN3O4S/c26-17-7-9-19(10-8-17)29-24(31)20(13-23(30)27-18-4-2-1-3-5-18)28(25(29)34)14-16-6-11-21-22(12-16)33-15-32-21/h1-12,20H,13-15H2,(H,27,30). The maximum absolute atomic E-state index is 13.5. The van der Waals surface area contributed by atoms with Crippen molar-refractivity contribution in [1.82, 2.24) is 4.90 Å². The Morgan fingerprint density at radius 2 is 1.76 bits per heavy atom. The van der Waals surface area contributed by atoms with Gasteiger partial charge in [-0.25, -0.2) is 0 Å². The second-order valence-corrected chi connectivity index (χ2v) is 8.68. The first-order valence-corrected chi connectivity index (χ1v) is 11.4. The van der Waals surface area contributed by atoms with Gasteiger partial charge in [-0.05, 0) is 66.3 Å². The van der Waals surface area contributed by atoms with Gasteiger partial charge >= 0.3 is 0 Å². The number of rotatable bonds is 6. The molecule has 5 rings (SSSR count). The lowest BCUT2D eigenvalue weighted by Crippen LogP contribution is -2.37. The monoisotopic (exact) mass is 493 g/mol. The fourth-order valence-corrected chi connectivity index (χ4v) is 4.50. The van der Waals surface area contributed by atoms with E-state index in [9.17, 15) is 9.59 Å². The van der Waals surface area contributed by atoms with Gasteiger partial charge in [0.2, 0.25) is 12.7 Å². The summed E-state index contributed by atoms with van der Waals surface area (Å²) in [5, 5.41) is 3.73. The van der Waals surface area contributed by atoms with Crippen LogP contribution in [0.15, 0.2) is 72.8 Å². The van der Waals surface area contributed by atoms with Crippen LogP contribution >= 0.6 is 23.8 Å². The molecule has 1 N–H and O–H groups in total. The summed E-state index contributed by atoms with van der Waals surface area (Å²) >= 11 is 11.7. The van der Waals surface area contributed by atoms with E-state index < -0.39 is 6.04 Å². The molecule has 1 fully saturated rings. The number of nitrogens with one attached hydrogen (secondary N) is 1. The highest BCUT2D eigenvalue weighted by Gasteiger charge is 2.44. The lowest BCUT2D eigenvalue weighted by Gasteiger charge is -2.24. The molecule has 172 valence electrons. The van der Waals surface area contributed by atoms with E-state index in [1.165, 1.54) is 4.90 Å². The van der Waals surface area contributed by atoms with Crippen LogP contribution < -0.4 is 19.7 Å². The number of amides is 2. The zero-order valence-electron chi connectivity index (χ0n) is 17.9. The zero-order chi connectivity index (χ0) is 23.7. The van der Waals surface area contributed by atoms with Gasteiger partial charge in [-0.1, -0.05) is 35.9 Å². The van der Waals surface area contributed by atoms with Crippen LogP contribution in [0.3, 0.4) is 0 Å². The molecule has 0 bridgehead atoms. The van der Waals surface area contributed by atoms with Crippen LogP contribution in [-0.4, -0.2) is 34.7 Å². The third kappa shape index (κ3) is 4.42. The van der Waals surface area contributed by atoms with Gasteiger partial charge in [0, 0.05) is 17.3 Å². The number of hydrogen-bond donors (Lipinski definition) is 1. The Labute approximate surface area is 206 Å². The van der Waals surface area contributed by atoms with Gasteiger partial charge in [0.25, 0.3) is 5.91 Å². The second kappa shape index (κ2) is 9.32. The van der Waals surface area contributed by atoms with E-state index in [-0.39, 0.29) is 25.0 Å². The van der Waals surface area contributed by atoms with Gasteiger partial charge in [-0.15, -0.1) is 0 Å². The van der Waals surface area contributed by atoms with E-state index in [1.54, 1.807) is 41.3 Å². The van der Waals surface area contributed by atoms with E-state index >= 15 is 0 Å². The van der Waals surface area contributed by atoms with Crippen molar-refractivity contribution in [1.29, 1.82) is 0 Å². The Morgan fingerprint density at radius 3 is 2.53 bits per heavy atom. The zero-order valence-corrected chi connectivity index (χ0v) is 19.5. The van der Waals surface area contributed by atoms with Gasteiger partial charge in [-0.3, -0.25) is 14.5 Å². The molecule has 1 atom stereocenters. The van der Waals surface area contributed by atoms with Gasteiger partial charge in [0.1, 0.15) is 6.04 Å². The summed E-state index contributed by atoms with van der Waals surface area (Å²) in [4.78, 5) is 29.6. The van der Waals surface area contributed by atoms with Crippen LogP contribution in [0.25, 0.3) is 0 Å². The summed E-state index contributed by atoms with van der Waals surface area (Å²) in [7, 11) is 0. The Hall–Kier alpha value is -3.62. The minimum Gasteiger partial charge on any atom is -0.454 e. The van der Waals surface area contributed by atoms with Crippen molar-refractivity contribution in [3.63, 3.8) is 0 Å². The third-order valence-corrected chi connectivity index (χ3v) is 6.30. The number of halogens is 1. The number of benzene rings is 3. The molecule has 1 unspecified atom stereocenters. The number of anilines is 2. The first-order valence-electron chi connectivity index (χ1n) is 10.6. The van der Waals surface area contributed by atoms with Gasteiger partial charge in [0.15, 0.2) is 16.6 Å². The van der Waals surface area contributed by atoms with Crippen LogP contribution in [-0.2, 0) is 16.1 Å². The summed E-state index contributed by atoms with van der Waals surface area (Å²) < 4.78 is 10.9. The van der Waals surface area contributed by atoms with E-state index in [4.69, 9.17) is 33.3 Å². The van der Waals surface area contributed by atoms with E-state index in [2.05, 4.69) is 5.32 Å². The molecular formula is C25H20ClN3O4S. The van der Waals surface area contributed by atoms with Crippen molar-refractivity contribution in [3.05, 3.63) is 83.4 Å². The topological polar surface area (TPSA) is 71.1 Å². The fraction of sp³-hybridized carbons (Fsp3) is 0.160. The Kier molecular flexibility index (Phi) is 6.08. The summed E-state index contributed by atoms with van der Waals surface area (Å²) in [5.74, 6) is 0.768. The van der Waals surface area contributed by atoms with Crippen molar-refractivity contribution in [2.75, 3.05) is 17.0 Å². The second-order valence-electron chi connectivity index (χ2n) is 7.88. The molecule has 9 heteroatoms. The molecule has 7 nitrogen and oxygen atoms in total. The van der Waals surface area contributed by atoms with Crippen LogP contribution in [0, 0.1) is 0 Å². The van der Waals surface area contributed by atoms with Crippen molar-refractivity contribution in [2.45, 2.75) is 19.0 Å². The first-order chi connectivity index (χ1) is 16.5. The van der Waals surface area contributed by atoms with Crippen molar-refractivity contribution >= 4 is 52.1 Å². The highest BCUT2D eigenvalue weighted by atomic mass is 35.5. The van der Waals surface area contributed by atoms with E-state index in [0.29, 0.717) is 39.6 Å². The number of carbonyl (C=O) groups excluding carboxylic acids is 2. The molecule has 0 aromatic heterocycles. The van der Waals surface area contributed by atoms with Crippen LogP contribution in [0.5, 0.6) is 11.5 Å². The van der Waals surface area contributed by atoms with E-state index in [0.717, 1.165) is 5.56 Å². The van der Waals surface area contributed by atoms with Crippen LogP contribution in [0.4, 0.5) is 11.4 Å². The average molecular weight is 494 g/mol. The lowest BCUT2D eigenvalue weighted by atomic mass is 10.1. The van der Waals surface area contributed by atoms with Crippen LogP contribution in [0.2, 0.25) is 5.02 Å². The van der Waals surface area contributed by atoms with Gasteiger partial charge in [0.05, 0.1) is 12.1 Å². The summed E-state index contributed by atoms with van der Waals surface area (Å²) in [5.41, 5.74) is 2.14. The number of para-hydroxylation sites is 1. The maximum atomic E-state index is 13.5. The Bertz CT molecular complexity index is 1250.